The van der Waals surface area contributed by atoms with Gasteiger partial charge in [-0.3, -0.25) is 0 Å². The number of aliphatic hydroxyl groups is 1. The minimum Gasteiger partial charge on any atom is -0.491 e. The van der Waals surface area contributed by atoms with Gasteiger partial charge >= 0.3 is 0 Å². The zero-order valence-electron chi connectivity index (χ0n) is 14.9. The molecule has 1 N–H and O–H groups in total. The maximum absolute atomic E-state index is 10.4. The first-order chi connectivity index (χ1) is 13.1. The molecule has 0 amide bonds. The molecule has 3 rings (SSSR count). The van der Waals surface area contributed by atoms with Crippen molar-refractivity contribution in [3.8, 4) is 0 Å². The molecule has 0 aromatic heterocycles. The van der Waals surface area contributed by atoms with Crippen LogP contribution >= 0.6 is 35.0 Å². The Morgan fingerprint density at radius 3 is 2.04 bits per heavy atom. The highest BCUT2D eigenvalue weighted by atomic mass is 35.5. The van der Waals surface area contributed by atoms with E-state index >= 15 is 0 Å². The lowest BCUT2D eigenvalue weighted by molar-refractivity contribution is 0.0906. The Kier molecular flexibility index (Phi) is 7.71. The molecule has 142 valence electrons. The second kappa shape index (κ2) is 10.2. The Morgan fingerprint density at radius 2 is 1.52 bits per heavy atom. The number of thioether (sulfide) groups is 1. The van der Waals surface area contributed by atoms with Gasteiger partial charge in [-0.1, -0.05) is 53.5 Å². The van der Waals surface area contributed by atoms with Crippen LogP contribution in [0.2, 0.25) is 10.0 Å². The molecule has 1 aliphatic carbocycles. The van der Waals surface area contributed by atoms with Crippen molar-refractivity contribution >= 4 is 35.0 Å². The summed E-state index contributed by atoms with van der Waals surface area (Å²) in [6, 6.07) is 15.7. The Balaban J connectivity index is 1.64. The van der Waals surface area contributed by atoms with E-state index in [4.69, 9.17) is 27.9 Å². The Labute approximate surface area is 174 Å². The Hall–Kier alpha value is -1.39. The van der Waals surface area contributed by atoms with Gasteiger partial charge in [0.1, 0.15) is 12.4 Å². The molecule has 0 aliphatic heterocycles. The third-order valence-corrected chi connectivity index (χ3v) is 6.16. The van der Waals surface area contributed by atoms with Crippen LogP contribution in [-0.2, 0) is 4.74 Å². The molecule has 0 fully saturated rings. The van der Waals surface area contributed by atoms with Crippen LogP contribution in [-0.4, -0.2) is 23.6 Å². The van der Waals surface area contributed by atoms with Crippen molar-refractivity contribution in [1.29, 1.82) is 0 Å². The summed E-state index contributed by atoms with van der Waals surface area (Å²) in [4.78, 5) is 0. The summed E-state index contributed by atoms with van der Waals surface area (Å²) in [7, 11) is 0. The highest BCUT2D eigenvalue weighted by molar-refractivity contribution is 7.99. The summed E-state index contributed by atoms with van der Waals surface area (Å²) in [6.45, 7) is 0.289. The monoisotopic (exact) mass is 420 g/mol. The molecule has 1 aliphatic rings. The van der Waals surface area contributed by atoms with Crippen molar-refractivity contribution < 1.29 is 9.84 Å². The van der Waals surface area contributed by atoms with E-state index in [1.54, 1.807) is 11.8 Å². The van der Waals surface area contributed by atoms with Crippen molar-refractivity contribution in [3.63, 3.8) is 0 Å². The summed E-state index contributed by atoms with van der Waals surface area (Å²) in [5.41, 5.74) is 2.27. The average molecular weight is 421 g/mol. The van der Waals surface area contributed by atoms with E-state index < -0.39 is 6.10 Å². The minimum atomic E-state index is -0.548. The lowest BCUT2D eigenvalue weighted by Crippen LogP contribution is -2.18. The number of allylic oxidation sites excluding steroid dienone is 3. The fourth-order valence-electron chi connectivity index (χ4n) is 2.80. The maximum atomic E-state index is 10.4. The molecule has 0 saturated heterocycles. The van der Waals surface area contributed by atoms with Gasteiger partial charge in [0.15, 0.2) is 0 Å². The smallest absolute Gasteiger partial charge is 0.115 e. The fraction of sp³-hybridized carbons (Fsp3) is 0.273. The average Bonchev–Trinajstić information content (AvgIpc) is 2.70. The topological polar surface area (TPSA) is 29.5 Å². The molecule has 0 radical (unpaired) electrons. The summed E-state index contributed by atoms with van der Waals surface area (Å²) < 4.78 is 5.70. The van der Waals surface area contributed by atoms with E-state index in [9.17, 15) is 5.11 Å². The van der Waals surface area contributed by atoms with Crippen LogP contribution < -0.4 is 0 Å². The lowest BCUT2D eigenvalue weighted by Gasteiger charge is -2.20. The first-order valence-electron chi connectivity index (χ1n) is 8.92. The van der Waals surface area contributed by atoms with Crippen LogP contribution in [0.5, 0.6) is 0 Å². The molecule has 2 aromatic carbocycles. The predicted octanol–water partition coefficient (Wildman–Crippen LogP) is 6.43. The van der Waals surface area contributed by atoms with E-state index in [1.165, 1.54) is 0 Å². The van der Waals surface area contributed by atoms with Crippen molar-refractivity contribution in [1.82, 2.24) is 0 Å². The van der Waals surface area contributed by atoms with Gasteiger partial charge in [0.25, 0.3) is 0 Å². The lowest BCUT2D eigenvalue weighted by atomic mass is 10.0. The van der Waals surface area contributed by atoms with Gasteiger partial charge in [0.05, 0.1) is 11.4 Å². The third-order valence-electron chi connectivity index (χ3n) is 4.20. The van der Waals surface area contributed by atoms with Crippen LogP contribution in [0.1, 0.15) is 29.2 Å². The summed E-state index contributed by atoms with van der Waals surface area (Å²) in [5, 5.41) is 11.9. The highest BCUT2D eigenvalue weighted by Gasteiger charge is 2.17. The largest absolute Gasteiger partial charge is 0.491 e. The van der Waals surface area contributed by atoms with Gasteiger partial charge in [-0.2, -0.15) is 0 Å². The van der Waals surface area contributed by atoms with Gasteiger partial charge in [-0.15, -0.1) is 11.8 Å². The van der Waals surface area contributed by atoms with Crippen LogP contribution in [0.4, 0.5) is 0 Å². The van der Waals surface area contributed by atoms with Gasteiger partial charge in [0.2, 0.25) is 0 Å². The first-order valence-corrected chi connectivity index (χ1v) is 10.7. The number of benzene rings is 2. The number of ether oxygens (including phenoxy) is 1. The van der Waals surface area contributed by atoms with E-state index in [1.807, 2.05) is 54.6 Å². The van der Waals surface area contributed by atoms with Gasteiger partial charge in [0, 0.05) is 15.8 Å². The molecule has 0 bridgehead atoms. The van der Waals surface area contributed by atoms with Crippen LogP contribution in [0.25, 0.3) is 0 Å². The zero-order valence-corrected chi connectivity index (χ0v) is 17.2. The highest BCUT2D eigenvalue weighted by Crippen LogP contribution is 2.37. The number of hydrogen-bond donors (Lipinski definition) is 1. The molecule has 0 spiro atoms. The molecule has 5 heteroatoms. The first kappa shape index (κ1) is 20.3. The minimum absolute atomic E-state index is 0.0861. The normalized spacial score (nSPS) is 14.9. The quantitative estimate of drug-likeness (QED) is 0.533. The summed E-state index contributed by atoms with van der Waals surface area (Å²) in [6.07, 6.45) is 7.61. The van der Waals surface area contributed by atoms with Crippen molar-refractivity contribution in [2.24, 2.45) is 0 Å². The molecule has 27 heavy (non-hydrogen) atoms. The predicted molar refractivity (Wildman–Crippen MR) is 116 cm³/mol. The zero-order chi connectivity index (χ0) is 19.1. The molecular formula is C22H22Cl2O2S. The summed E-state index contributed by atoms with van der Waals surface area (Å²) >= 11 is 13.7. The van der Waals surface area contributed by atoms with E-state index in [0.29, 0.717) is 15.8 Å². The molecule has 2 aromatic rings. The SMILES string of the molecule is OC(COC1=CCCC=C1)CSC(c1ccc(Cl)cc1)c1ccc(Cl)cc1. The Morgan fingerprint density at radius 1 is 0.926 bits per heavy atom. The Bertz CT molecular complexity index is 739. The van der Waals surface area contributed by atoms with Crippen molar-refractivity contribution in [2.75, 3.05) is 12.4 Å². The van der Waals surface area contributed by atoms with Crippen molar-refractivity contribution in [2.45, 2.75) is 24.2 Å². The van der Waals surface area contributed by atoms with Crippen LogP contribution in [0.3, 0.4) is 0 Å². The third kappa shape index (κ3) is 6.32. The van der Waals surface area contributed by atoms with E-state index in [0.717, 1.165) is 29.7 Å². The van der Waals surface area contributed by atoms with Gasteiger partial charge in [-0.05, 0) is 60.4 Å². The molecule has 0 heterocycles. The molecule has 1 unspecified atom stereocenters. The second-order valence-electron chi connectivity index (χ2n) is 6.37. The number of hydrogen-bond acceptors (Lipinski definition) is 3. The van der Waals surface area contributed by atoms with Crippen LogP contribution in [0, 0.1) is 0 Å². The second-order valence-corrected chi connectivity index (χ2v) is 8.38. The van der Waals surface area contributed by atoms with E-state index in [2.05, 4.69) is 12.2 Å². The van der Waals surface area contributed by atoms with Gasteiger partial charge < -0.3 is 9.84 Å². The fourth-order valence-corrected chi connectivity index (χ4v) is 4.27. The molecule has 1 atom stereocenters. The van der Waals surface area contributed by atoms with E-state index in [-0.39, 0.29) is 11.9 Å². The van der Waals surface area contributed by atoms with Crippen molar-refractivity contribution in [3.05, 3.63) is 93.7 Å². The number of aliphatic hydroxyl groups excluding tert-OH is 1. The van der Waals surface area contributed by atoms with Gasteiger partial charge in [-0.25, -0.2) is 0 Å². The molecule has 0 saturated carbocycles. The summed E-state index contributed by atoms with van der Waals surface area (Å²) in [5.74, 6) is 1.41. The number of rotatable bonds is 8. The maximum Gasteiger partial charge on any atom is 0.115 e. The number of halogens is 2. The molecular weight excluding hydrogens is 399 g/mol. The van der Waals surface area contributed by atoms with Crippen LogP contribution in [0.15, 0.2) is 72.5 Å². The standard InChI is InChI=1S/C22H22Cl2O2S/c23-18-10-6-16(7-11-18)22(17-8-12-19(24)13-9-17)27-15-20(25)14-26-21-4-2-1-3-5-21/h2,4-13,20,22,25H,1,3,14-15H2. The molecule has 2 nitrogen and oxygen atoms in total.